The first kappa shape index (κ1) is 33.8. The van der Waals surface area contributed by atoms with Crippen molar-refractivity contribution in [2.45, 2.75) is 145 Å². The van der Waals surface area contributed by atoms with Crippen LogP contribution >= 0.6 is 11.6 Å². The predicted molar refractivity (Wildman–Crippen MR) is 173 cm³/mol. The molecule has 8 N–H and O–H groups in total. The van der Waals surface area contributed by atoms with Crippen molar-refractivity contribution in [2.75, 3.05) is 0 Å². The van der Waals surface area contributed by atoms with E-state index in [9.17, 15) is 9.59 Å². The third-order valence-electron chi connectivity index (χ3n) is 14.4. The standard InChI is InChI=1S/C34H55ClN8O3.Cu/c35-24-14-16(34(45)46-15-44)13-23-25(24)33-42-31-22-12-6-5-11-21(22)29(40-31)38-27-18-8-2-1-7-17(18)26(36-27)37-28-19-9-3-4-10-20(19)30(39-28)41-32(23)43-33;/h15-33,36-43H,1-14H2;. The van der Waals surface area contributed by atoms with Gasteiger partial charge in [-0.15, -0.1) is 11.6 Å². The Bertz CT molecular complexity index is 1160. The molecule has 5 heterocycles. The molecule has 11 nitrogen and oxygen atoms in total. The summed E-state index contributed by atoms with van der Waals surface area (Å²) in [6.07, 6.45) is 18.2. The molecule has 0 spiro atoms. The van der Waals surface area contributed by atoms with Crippen LogP contribution in [-0.4, -0.2) is 67.1 Å². The molecule has 0 aromatic rings. The van der Waals surface area contributed by atoms with Gasteiger partial charge in [0.25, 0.3) is 0 Å². The van der Waals surface area contributed by atoms with Crippen molar-refractivity contribution >= 4 is 24.0 Å². The van der Waals surface area contributed by atoms with Crippen LogP contribution in [0.4, 0.5) is 0 Å². The van der Waals surface area contributed by atoms with Crippen molar-refractivity contribution in [3.63, 3.8) is 0 Å². The van der Waals surface area contributed by atoms with Crippen molar-refractivity contribution in [1.29, 1.82) is 0 Å². The second-order valence-electron chi connectivity index (χ2n) is 16.4. The maximum Gasteiger partial charge on any atom is 0.316 e. The molecule has 4 saturated carbocycles. The molecule has 13 heteroatoms. The van der Waals surface area contributed by atoms with Gasteiger partial charge in [0.1, 0.15) is 0 Å². The van der Waals surface area contributed by atoms with Crippen LogP contribution in [0, 0.1) is 53.3 Å². The van der Waals surface area contributed by atoms with Crippen molar-refractivity contribution in [2.24, 2.45) is 53.3 Å². The molecule has 9 rings (SSSR count). The average molecular weight is 723 g/mol. The van der Waals surface area contributed by atoms with Crippen LogP contribution in [0.1, 0.15) is 89.9 Å². The summed E-state index contributed by atoms with van der Waals surface area (Å²) in [5.74, 6) is 3.12. The van der Waals surface area contributed by atoms with Crippen LogP contribution in [0.2, 0.25) is 0 Å². The summed E-state index contributed by atoms with van der Waals surface area (Å²) in [7, 11) is 0. The van der Waals surface area contributed by atoms with Gasteiger partial charge in [0.2, 0.25) is 0 Å². The van der Waals surface area contributed by atoms with Gasteiger partial charge < -0.3 is 4.74 Å². The molecule has 5 saturated heterocycles. The van der Waals surface area contributed by atoms with Crippen LogP contribution in [0.5, 0.6) is 0 Å². The second kappa shape index (κ2) is 14.0. The third kappa shape index (κ3) is 6.07. The van der Waals surface area contributed by atoms with Crippen LogP contribution in [0.3, 0.4) is 0 Å². The first-order valence-electron chi connectivity index (χ1n) is 18.9. The maximum absolute atomic E-state index is 12.8. The molecule has 47 heavy (non-hydrogen) atoms. The van der Waals surface area contributed by atoms with E-state index < -0.39 is 5.97 Å². The topological polar surface area (TPSA) is 140 Å². The zero-order valence-electron chi connectivity index (χ0n) is 27.3. The number of hydrogen-bond donors (Lipinski definition) is 8. The number of carbonyl (C=O) groups is 2. The zero-order chi connectivity index (χ0) is 30.9. The van der Waals surface area contributed by atoms with Crippen LogP contribution in [0.15, 0.2) is 0 Å². The molecule has 0 aromatic carbocycles. The van der Waals surface area contributed by atoms with Gasteiger partial charge in [-0.1, -0.05) is 38.5 Å². The Hall–Kier alpha value is -0.371. The number of ether oxygens (including phenoxy) is 1. The van der Waals surface area contributed by atoms with Gasteiger partial charge in [-0.3, -0.25) is 52.1 Å². The van der Waals surface area contributed by atoms with E-state index in [0.29, 0.717) is 60.7 Å². The van der Waals surface area contributed by atoms with Gasteiger partial charge in [0.05, 0.1) is 55.2 Å². The summed E-state index contributed by atoms with van der Waals surface area (Å²) in [6.45, 7) is 0.268. The third-order valence-corrected chi connectivity index (χ3v) is 14.8. The summed E-state index contributed by atoms with van der Waals surface area (Å²) in [5.41, 5.74) is 0. The Balaban J connectivity index is 0.00000324. The predicted octanol–water partition coefficient (Wildman–Crippen LogP) is 1.75. The van der Waals surface area contributed by atoms with Crippen LogP contribution in [-0.2, 0) is 31.4 Å². The number of halogens is 1. The van der Waals surface area contributed by atoms with Gasteiger partial charge in [0, 0.05) is 28.4 Å². The first-order valence-corrected chi connectivity index (χ1v) is 19.4. The van der Waals surface area contributed by atoms with Crippen LogP contribution in [0.25, 0.3) is 0 Å². The molecule has 8 bridgehead atoms. The van der Waals surface area contributed by atoms with Gasteiger partial charge in [-0.05, 0) is 92.8 Å². The fourth-order valence-electron chi connectivity index (χ4n) is 12.4. The Morgan fingerprint density at radius 2 is 0.830 bits per heavy atom. The molecule has 9 aliphatic rings. The van der Waals surface area contributed by atoms with E-state index in [1.54, 1.807) is 0 Å². The number of carbonyl (C=O) groups excluding carboxylic acids is 2. The molecule has 5 aliphatic heterocycles. The van der Waals surface area contributed by atoms with Gasteiger partial charge in [-0.2, -0.15) is 0 Å². The molecule has 0 aromatic heterocycles. The van der Waals surface area contributed by atoms with Crippen LogP contribution < -0.4 is 42.5 Å². The number of alkyl halides is 1. The van der Waals surface area contributed by atoms with E-state index >= 15 is 0 Å². The fourth-order valence-corrected chi connectivity index (χ4v) is 12.9. The molecule has 9 fully saturated rings. The normalized spacial score (nSPS) is 53.5. The summed E-state index contributed by atoms with van der Waals surface area (Å²) < 4.78 is 4.87. The van der Waals surface area contributed by atoms with E-state index in [1.165, 1.54) is 77.0 Å². The molecule has 4 aliphatic carbocycles. The Labute approximate surface area is 294 Å². The number of rotatable bonds is 2. The van der Waals surface area contributed by atoms with Gasteiger partial charge in [0.15, 0.2) is 0 Å². The Morgan fingerprint density at radius 1 is 0.511 bits per heavy atom. The maximum atomic E-state index is 12.8. The number of hydrogen-bond acceptors (Lipinski definition) is 11. The number of esters is 1. The van der Waals surface area contributed by atoms with E-state index in [-0.39, 0.29) is 83.7 Å². The molecule has 0 amide bonds. The van der Waals surface area contributed by atoms with E-state index in [4.69, 9.17) is 16.3 Å². The van der Waals surface area contributed by atoms with Crippen molar-refractivity contribution in [3.05, 3.63) is 0 Å². The van der Waals surface area contributed by atoms with Crippen molar-refractivity contribution in [3.8, 4) is 0 Å². The number of nitrogens with one attached hydrogen (secondary N) is 8. The number of fused-ring (bicyclic) bond motifs is 20. The quantitative estimate of drug-likeness (QED) is 0.0696. The van der Waals surface area contributed by atoms with Gasteiger partial charge >= 0.3 is 12.4 Å². The van der Waals surface area contributed by atoms with Crippen molar-refractivity contribution in [1.82, 2.24) is 42.5 Å². The Morgan fingerprint density at radius 3 is 1.17 bits per heavy atom. The first-order chi connectivity index (χ1) is 22.6. The van der Waals surface area contributed by atoms with Crippen molar-refractivity contribution < 1.29 is 31.4 Å². The largest absolute Gasteiger partial charge is 0.395 e. The molecule has 1 radical (unpaired) electrons. The molecule has 267 valence electrons. The summed E-state index contributed by atoms with van der Waals surface area (Å²) in [5, 5.41) is 32.7. The van der Waals surface area contributed by atoms with E-state index in [1.807, 2.05) is 0 Å². The average Bonchev–Trinajstić information content (AvgIpc) is 3.80. The minimum absolute atomic E-state index is 0. The fraction of sp³-hybridized carbons (Fsp3) is 0.941. The summed E-state index contributed by atoms with van der Waals surface area (Å²) in [4.78, 5) is 23.9. The molecular formula is C34H55ClCuN8O3. The van der Waals surface area contributed by atoms with E-state index in [2.05, 4.69) is 42.5 Å². The smallest absolute Gasteiger partial charge is 0.316 e. The Kier molecular flexibility index (Phi) is 10.0. The minimum atomic E-state index is -0.441. The molecule has 18 unspecified atom stereocenters. The second-order valence-corrected chi connectivity index (χ2v) is 17.0. The molecular weight excluding hydrogens is 667 g/mol. The zero-order valence-corrected chi connectivity index (χ0v) is 29.0. The van der Waals surface area contributed by atoms with E-state index in [0.717, 1.165) is 0 Å². The summed E-state index contributed by atoms with van der Waals surface area (Å²) in [6, 6.07) is 0. The van der Waals surface area contributed by atoms with Gasteiger partial charge in [-0.25, -0.2) is 0 Å². The molecule has 18 atom stereocenters. The monoisotopic (exact) mass is 721 g/mol. The SMILES string of the molecule is O=COC(=O)C1CC(Cl)C2C3NC4NC(NC5NC(NC6NC(NC(N3)C2C1)C1CCCCC61)C1CCCCC51)C1CCCCC41.[Cu]. The minimum Gasteiger partial charge on any atom is -0.395 e. The summed E-state index contributed by atoms with van der Waals surface area (Å²) >= 11 is 7.24.